The van der Waals surface area contributed by atoms with E-state index in [4.69, 9.17) is 74.8 Å². The minimum Gasteiger partial charge on any atom is -0.382 e. The van der Waals surface area contributed by atoms with Crippen molar-refractivity contribution in [2.45, 2.75) is 62.8 Å². The van der Waals surface area contributed by atoms with Gasteiger partial charge in [0.2, 0.25) is 5.91 Å². The van der Waals surface area contributed by atoms with Gasteiger partial charge in [0, 0.05) is 109 Å². The number of urea groups is 1. The van der Waals surface area contributed by atoms with Crippen LogP contribution in [0.1, 0.15) is 70.9 Å². The lowest BCUT2D eigenvalue weighted by Crippen LogP contribution is -2.46. The molecule has 0 aliphatic carbocycles. The van der Waals surface area contributed by atoms with Crippen molar-refractivity contribution < 1.29 is 57.8 Å². The smallest absolute Gasteiger partial charge is 0.319 e. The predicted molar refractivity (Wildman–Crippen MR) is 301 cm³/mol. The Morgan fingerprint density at radius 2 is 0.987 bits per heavy atom. The molecule has 6 rings (SSSR count). The van der Waals surface area contributed by atoms with Crippen LogP contribution in [0.15, 0.2) is 72.8 Å². The third kappa shape index (κ3) is 20.6. The van der Waals surface area contributed by atoms with Crippen molar-refractivity contribution in [3.8, 4) is 0 Å². The number of aliphatic hydroxyl groups excluding tert-OH is 2. The molecule has 0 aromatic heterocycles. The first-order valence-corrected chi connectivity index (χ1v) is 27.7. The number of aliphatic hydroxyl groups is 2. The fourth-order valence-electron chi connectivity index (χ4n) is 9.15. The molecular formula is C56H72Cl4N6O12. The Hall–Kier alpha value is -4.48. The summed E-state index contributed by atoms with van der Waals surface area (Å²) < 4.78 is 33.1. The second-order valence-corrected chi connectivity index (χ2v) is 20.8. The molecule has 2 heterocycles. The van der Waals surface area contributed by atoms with Crippen LogP contribution >= 0.6 is 46.4 Å². The summed E-state index contributed by atoms with van der Waals surface area (Å²) in [5, 5.41) is 34.0. The molecule has 0 saturated heterocycles. The summed E-state index contributed by atoms with van der Waals surface area (Å²) in [7, 11) is 4.11. The Kier molecular flexibility index (Phi) is 26.8. The molecule has 0 bridgehead atoms. The molecule has 4 aromatic carbocycles. The van der Waals surface area contributed by atoms with E-state index in [2.05, 4.69) is 44.2 Å². The molecule has 426 valence electrons. The second-order valence-electron chi connectivity index (χ2n) is 19.1. The van der Waals surface area contributed by atoms with Gasteiger partial charge in [0.25, 0.3) is 5.91 Å². The number of benzene rings is 4. The van der Waals surface area contributed by atoms with Crippen LogP contribution in [0.25, 0.3) is 0 Å². The minimum absolute atomic E-state index is 0.0447. The van der Waals surface area contributed by atoms with Gasteiger partial charge in [-0.3, -0.25) is 14.4 Å². The van der Waals surface area contributed by atoms with Crippen LogP contribution in [0.4, 0.5) is 16.2 Å². The highest BCUT2D eigenvalue weighted by molar-refractivity contribution is 6.35. The van der Waals surface area contributed by atoms with Gasteiger partial charge in [0.15, 0.2) is 11.9 Å². The Bertz CT molecular complexity index is 2410. The topological polar surface area (TPSA) is 219 Å². The Labute approximate surface area is 476 Å². The van der Waals surface area contributed by atoms with Crippen molar-refractivity contribution in [3.63, 3.8) is 0 Å². The lowest BCUT2D eigenvalue weighted by atomic mass is 9.84. The van der Waals surface area contributed by atoms with Crippen molar-refractivity contribution >= 4 is 81.4 Å². The number of carbonyl (C=O) groups is 4. The van der Waals surface area contributed by atoms with Crippen LogP contribution in [0.3, 0.4) is 0 Å². The molecule has 0 fully saturated rings. The number of amides is 4. The number of halogens is 4. The predicted octanol–water partition coefficient (Wildman–Crippen LogP) is 7.28. The summed E-state index contributed by atoms with van der Waals surface area (Å²) in [5.74, 6) is -1.57. The van der Waals surface area contributed by atoms with Crippen molar-refractivity contribution in [3.05, 3.63) is 126 Å². The number of fused-ring (bicyclic) bond motifs is 2. The number of carbonyl (C=O) groups excluding carboxylic acids is 4. The van der Waals surface area contributed by atoms with Crippen LogP contribution in [0.2, 0.25) is 20.1 Å². The number of likely N-dealkylation sites (N-methyl/N-ethyl adjacent to an activating group) is 2. The van der Waals surface area contributed by atoms with Crippen molar-refractivity contribution in [2.75, 3.05) is 130 Å². The van der Waals surface area contributed by atoms with Crippen molar-refractivity contribution in [1.82, 2.24) is 20.4 Å². The van der Waals surface area contributed by atoms with Gasteiger partial charge in [-0.05, 0) is 109 Å². The van der Waals surface area contributed by atoms with Gasteiger partial charge in [-0.15, -0.1) is 0 Å². The van der Waals surface area contributed by atoms with E-state index in [1.807, 2.05) is 61.6 Å². The van der Waals surface area contributed by atoms with E-state index in [9.17, 15) is 29.4 Å². The molecule has 78 heavy (non-hydrogen) atoms. The zero-order valence-electron chi connectivity index (χ0n) is 44.2. The van der Waals surface area contributed by atoms with Crippen LogP contribution in [0.5, 0.6) is 0 Å². The number of nitrogens with one attached hydrogen (secondary N) is 4. The summed E-state index contributed by atoms with van der Waals surface area (Å²) in [6, 6.07) is 22.7. The van der Waals surface area contributed by atoms with E-state index in [1.54, 1.807) is 12.1 Å². The minimum atomic E-state index is -1.93. The highest BCUT2D eigenvalue weighted by atomic mass is 35.5. The molecule has 0 saturated carbocycles. The maximum Gasteiger partial charge on any atom is 0.319 e. The molecule has 2 aliphatic heterocycles. The van der Waals surface area contributed by atoms with Crippen LogP contribution in [0, 0.1) is 0 Å². The molecule has 6 N–H and O–H groups in total. The number of ketones is 1. The Balaban J connectivity index is 0.689. The fraction of sp³-hybridized carbons (Fsp3) is 0.500. The molecule has 4 aromatic rings. The third-order valence-corrected chi connectivity index (χ3v) is 14.1. The van der Waals surface area contributed by atoms with E-state index in [1.165, 1.54) is 0 Å². The quantitative estimate of drug-likeness (QED) is 0.0259. The Morgan fingerprint density at radius 3 is 1.49 bits per heavy atom. The molecule has 0 spiro atoms. The van der Waals surface area contributed by atoms with Gasteiger partial charge in [-0.2, -0.15) is 0 Å². The maximum atomic E-state index is 12.7. The first-order chi connectivity index (χ1) is 37.7. The average Bonchev–Trinajstić information content (AvgIpc) is 3.43. The zero-order chi connectivity index (χ0) is 55.8. The van der Waals surface area contributed by atoms with E-state index < -0.39 is 23.9 Å². The molecule has 0 radical (unpaired) electrons. The molecule has 22 heteroatoms. The average molecular weight is 1160 g/mol. The van der Waals surface area contributed by atoms with E-state index in [-0.39, 0.29) is 82.8 Å². The fourth-order valence-corrected chi connectivity index (χ4v) is 10.3. The molecule has 18 nitrogen and oxygen atoms in total. The number of hydrogen-bond donors (Lipinski definition) is 6. The van der Waals surface area contributed by atoms with Gasteiger partial charge >= 0.3 is 6.03 Å². The number of Topliss-reactive ketones (excluding diaryl/α,β-unsaturated/α-hetero) is 1. The summed E-state index contributed by atoms with van der Waals surface area (Å²) in [5.41, 5.74) is 7.81. The van der Waals surface area contributed by atoms with Crippen LogP contribution < -0.4 is 21.3 Å². The normalized spacial score (nSPS) is 16.2. The lowest BCUT2D eigenvalue weighted by molar-refractivity contribution is -0.145. The molecule has 4 amide bonds. The first-order valence-electron chi connectivity index (χ1n) is 26.2. The zero-order valence-corrected chi connectivity index (χ0v) is 47.2. The number of hydrogen-bond acceptors (Lipinski definition) is 14. The summed E-state index contributed by atoms with van der Waals surface area (Å²) >= 11 is 25.8. The van der Waals surface area contributed by atoms with Gasteiger partial charge in [0.1, 0.15) is 6.10 Å². The van der Waals surface area contributed by atoms with Gasteiger partial charge in [0.05, 0.1) is 66.1 Å². The maximum absolute atomic E-state index is 12.7. The van der Waals surface area contributed by atoms with Crippen LogP contribution in [-0.4, -0.2) is 175 Å². The molecular weight excluding hydrogens is 1090 g/mol. The van der Waals surface area contributed by atoms with Crippen molar-refractivity contribution in [2.24, 2.45) is 0 Å². The molecule has 2 aliphatic rings. The number of ether oxygens (including phenoxy) is 6. The molecule has 4 unspecified atom stereocenters. The van der Waals surface area contributed by atoms with E-state index in [0.717, 1.165) is 65.2 Å². The number of anilines is 2. The largest absolute Gasteiger partial charge is 0.382 e. The van der Waals surface area contributed by atoms with E-state index in [0.29, 0.717) is 84.8 Å². The highest BCUT2D eigenvalue weighted by Crippen LogP contribution is 2.40. The highest BCUT2D eigenvalue weighted by Gasteiger charge is 2.31. The van der Waals surface area contributed by atoms with Gasteiger partial charge < -0.3 is 69.7 Å². The monoisotopic (exact) mass is 1160 g/mol. The van der Waals surface area contributed by atoms with E-state index >= 15 is 0 Å². The second kappa shape index (κ2) is 33.3. The summed E-state index contributed by atoms with van der Waals surface area (Å²) in [6.45, 7) is 6.82. The van der Waals surface area contributed by atoms with Crippen LogP contribution in [-0.2, 0) is 55.9 Å². The summed E-state index contributed by atoms with van der Waals surface area (Å²) in [6.07, 6.45) is -2.77. The van der Waals surface area contributed by atoms with Gasteiger partial charge in [-0.25, -0.2) is 4.79 Å². The van der Waals surface area contributed by atoms with Gasteiger partial charge in [-0.1, -0.05) is 70.7 Å². The lowest BCUT2D eigenvalue weighted by Gasteiger charge is -2.33. The summed E-state index contributed by atoms with van der Waals surface area (Å²) in [4.78, 5) is 54.4. The third-order valence-electron chi connectivity index (χ3n) is 13.0. The first kappa shape index (κ1) is 62.7. The number of rotatable bonds is 33. The number of nitrogens with zero attached hydrogens (tertiary/aromatic N) is 2. The Morgan fingerprint density at radius 1 is 0.551 bits per heavy atom. The van der Waals surface area contributed by atoms with Crippen molar-refractivity contribution in [1.29, 1.82) is 0 Å². The SMILES string of the molecule is CN1Cc2c(Cl)cc(Cl)cc2C(c2cccc(NC(=O)CCCOCCOCCOCCCC(=O)C(O)C(O)C(=O)NCCOCCOCCOCCNC(=O)Nc3cccc(C4CN(C)Cc5c(Cl)cc(Cl)cc54)c3)c2)C1. The standard InChI is InChI=1S/C56H72Cl4N6O12/c1-65-33-45(43-29-39(57)31-49(59)47(43)35-65)37-7-3-9-41(27-37)63-52(68)12-6-16-74-20-24-77-23-19-73-15-5-11-51(67)53(69)54(70)55(71)61-13-17-75-21-25-78-26-22-76-18-14-62-56(72)64-42-10-4-8-38(28-42)46-34-66(2)36-48-44(46)30-40(58)32-50(48)60/h3-4,7-10,27-32,45-46,53-54,69-70H,5-6,11-26,33-36H2,1-2H3,(H,61,71)(H,63,68)(H2,62,64,72). The molecule has 4 atom stereocenters.